The third-order valence-electron chi connectivity index (χ3n) is 2.67. The number of hydrogen-bond donors (Lipinski definition) is 1. The van der Waals surface area contributed by atoms with Crippen LogP contribution < -0.4 is 4.72 Å². The molecule has 1 atom stereocenters. The van der Waals surface area contributed by atoms with Gasteiger partial charge in [-0.05, 0) is 18.8 Å². The predicted molar refractivity (Wildman–Crippen MR) is 68.5 cm³/mol. The van der Waals surface area contributed by atoms with Crippen LogP contribution in [0.3, 0.4) is 0 Å². The van der Waals surface area contributed by atoms with E-state index < -0.39 is 19.9 Å². The first-order chi connectivity index (χ1) is 7.74. The molecule has 0 bridgehead atoms. The van der Waals surface area contributed by atoms with Crippen molar-refractivity contribution in [3.05, 3.63) is 0 Å². The summed E-state index contributed by atoms with van der Waals surface area (Å²) in [7, 11) is -6.31. The minimum absolute atomic E-state index is 0.0141. The molecule has 102 valence electrons. The molecule has 1 unspecified atom stereocenters. The molecule has 0 spiro atoms. The Morgan fingerprint density at radius 3 is 2.35 bits per heavy atom. The standard InChI is InChI=1S/C9H18ClNO4S2/c1-8(6-10)7-17(14,15)11-9-2-4-16(12,13)5-3-9/h8-9,11H,2-7H2,1H3. The van der Waals surface area contributed by atoms with Crippen molar-refractivity contribution in [1.82, 2.24) is 4.72 Å². The Hall–Kier alpha value is 0.150. The third-order valence-corrected chi connectivity index (χ3v) is 6.61. The van der Waals surface area contributed by atoms with Crippen molar-refractivity contribution in [3.8, 4) is 0 Å². The van der Waals surface area contributed by atoms with Crippen molar-refractivity contribution in [3.63, 3.8) is 0 Å². The van der Waals surface area contributed by atoms with E-state index in [9.17, 15) is 16.8 Å². The number of sulfonamides is 1. The molecule has 1 N–H and O–H groups in total. The van der Waals surface area contributed by atoms with Crippen LogP contribution in [0.25, 0.3) is 0 Å². The minimum Gasteiger partial charge on any atom is -0.229 e. The highest BCUT2D eigenvalue weighted by atomic mass is 35.5. The molecule has 0 radical (unpaired) electrons. The van der Waals surface area contributed by atoms with Crippen LogP contribution in [0, 0.1) is 5.92 Å². The van der Waals surface area contributed by atoms with Crippen LogP contribution in [0.2, 0.25) is 0 Å². The Labute approximate surface area is 108 Å². The van der Waals surface area contributed by atoms with Crippen molar-refractivity contribution in [2.75, 3.05) is 23.1 Å². The van der Waals surface area contributed by atoms with Gasteiger partial charge in [0.05, 0.1) is 17.3 Å². The zero-order chi connectivity index (χ0) is 13.1. The van der Waals surface area contributed by atoms with Gasteiger partial charge in [0.2, 0.25) is 10.0 Å². The maximum Gasteiger partial charge on any atom is 0.212 e. The average Bonchev–Trinajstić information content (AvgIpc) is 2.20. The summed E-state index contributed by atoms with van der Waals surface area (Å²) in [4.78, 5) is 0. The van der Waals surface area contributed by atoms with Crippen LogP contribution in [-0.2, 0) is 19.9 Å². The van der Waals surface area contributed by atoms with E-state index in [2.05, 4.69) is 4.72 Å². The van der Waals surface area contributed by atoms with Gasteiger partial charge >= 0.3 is 0 Å². The molecule has 0 aromatic heterocycles. The monoisotopic (exact) mass is 303 g/mol. The average molecular weight is 304 g/mol. The van der Waals surface area contributed by atoms with Gasteiger partial charge in [-0.3, -0.25) is 0 Å². The molecule has 1 rings (SSSR count). The first-order valence-electron chi connectivity index (χ1n) is 5.50. The molecule has 1 aliphatic rings. The molecule has 0 amide bonds. The predicted octanol–water partition coefficient (Wildman–Crippen LogP) is 0.358. The number of halogens is 1. The summed E-state index contributed by atoms with van der Waals surface area (Å²) in [5, 5.41) is 0. The molecule has 1 aliphatic heterocycles. The lowest BCUT2D eigenvalue weighted by atomic mass is 10.2. The quantitative estimate of drug-likeness (QED) is 0.744. The zero-order valence-corrected chi connectivity index (χ0v) is 12.1. The van der Waals surface area contributed by atoms with E-state index in [1.807, 2.05) is 0 Å². The lowest BCUT2D eigenvalue weighted by Crippen LogP contribution is -2.42. The van der Waals surface area contributed by atoms with Gasteiger partial charge in [-0.15, -0.1) is 11.6 Å². The van der Waals surface area contributed by atoms with Gasteiger partial charge in [0.25, 0.3) is 0 Å². The van der Waals surface area contributed by atoms with Gasteiger partial charge in [0.15, 0.2) is 0 Å². The van der Waals surface area contributed by atoms with Gasteiger partial charge in [0, 0.05) is 11.9 Å². The fraction of sp³-hybridized carbons (Fsp3) is 1.00. The largest absolute Gasteiger partial charge is 0.229 e. The van der Waals surface area contributed by atoms with Crippen molar-refractivity contribution >= 4 is 31.5 Å². The number of rotatable bonds is 5. The summed E-state index contributed by atoms with van der Waals surface area (Å²) in [6.07, 6.45) is 0.716. The van der Waals surface area contributed by atoms with Crippen molar-refractivity contribution in [2.45, 2.75) is 25.8 Å². The highest BCUT2D eigenvalue weighted by Gasteiger charge is 2.27. The van der Waals surface area contributed by atoms with Gasteiger partial charge in [0.1, 0.15) is 9.84 Å². The molecule has 17 heavy (non-hydrogen) atoms. The molecular weight excluding hydrogens is 286 g/mol. The first kappa shape index (κ1) is 15.2. The molecule has 1 fully saturated rings. The summed E-state index contributed by atoms with van der Waals surface area (Å²) < 4.78 is 48.4. The van der Waals surface area contributed by atoms with E-state index in [1.165, 1.54) is 0 Å². The van der Waals surface area contributed by atoms with Crippen molar-refractivity contribution in [2.24, 2.45) is 5.92 Å². The summed E-state index contributed by atoms with van der Waals surface area (Å²) in [6.45, 7) is 1.76. The second kappa shape index (κ2) is 5.86. The van der Waals surface area contributed by atoms with Crippen LogP contribution in [0.5, 0.6) is 0 Å². The molecule has 1 saturated heterocycles. The number of alkyl halides is 1. The third kappa shape index (κ3) is 5.54. The van der Waals surface area contributed by atoms with Gasteiger partial charge < -0.3 is 0 Å². The Morgan fingerprint density at radius 2 is 1.88 bits per heavy atom. The van der Waals surface area contributed by atoms with Gasteiger partial charge in [-0.1, -0.05) is 6.92 Å². The molecule has 1 heterocycles. The first-order valence-corrected chi connectivity index (χ1v) is 9.51. The fourth-order valence-corrected chi connectivity index (χ4v) is 5.17. The van der Waals surface area contributed by atoms with E-state index in [0.29, 0.717) is 18.7 Å². The maximum absolute atomic E-state index is 11.7. The summed E-state index contributed by atoms with van der Waals surface area (Å²) in [5.74, 6) is 0.289. The van der Waals surface area contributed by atoms with Crippen LogP contribution in [0.1, 0.15) is 19.8 Å². The smallest absolute Gasteiger partial charge is 0.212 e. The molecule has 0 aromatic carbocycles. The summed E-state index contributed by atoms with van der Waals surface area (Å²) >= 11 is 5.57. The second-order valence-corrected chi connectivity index (χ2v) is 9.00. The Kier molecular flexibility index (Phi) is 5.24. The van der Waals surface area contributed by atoms with Gasteiger partial charge in [-0.25, -0.2) is 21.6 Å². The minimum atomic E-state index is -3.36. The maximum atomic E-state index is 11.7. The van der Waals surface area contributed by atoms with Crippen LogP contribution in [0.4, 0.5) is 0 Å². The van der Waals surface area contributed by atoms with Crippen molar-refractivity contribution < 1.29 is 16.8 Å². The van der Waals surface area contributed by atoms with E-state index in [-0.39, 0.29) is 29.2 Å². The molecule has 0 aromatic rings. The Balaban J connectivity index is 2.50. The Morgan fingerprint density at radius 1 is 1.35 bits per heavy atom. The Bertz CT molecular complexity index is 432. The topological polar surface area (TPSA) is 80.3 Å². The molecule has 5 nitrogen and oxygen atoms in total. The van der Waals surface area contributed by atoms with E-state index in [4.69, 9.17) is 11.6 Å². The van der Waals surface area contributed by atoms with Crippen LogP contribution in [0.15, 0.2) is 0 Å². The summed E-state index contributed by atoms with van der Waals surface area (Å²) in [5.41, 5.74) is 0. The second-order valence-electron chi connectivity index (χ2n) is 4.58. The van der Waals surface area contributed by atoms with Crippen molar-refractivity contribution in [1.29, 1.82) is 0 Å². The lowest BCUT2D eigenvalue weighted by molar-refractivity contribution is 0.501. The van der Waals surface area contributed by atoms with Crippen LogP contribution >= 0.6 is 11.6 Å². The van der Waals surface area contributed by atoms with E-state index >= 15 is 0 Å². The summed E-state index contributed by atoms with van der Waals surface area (Å²) in [6, 6.07) is -0.258. The SMILES string of the molecule is CC(CCl)CS(=O)(=O)NC1CCS(=O)(=O)CC1. The number of nitrogens with one attached hydrogen (secondary N) is 1. The molecule has 0 aliphatic carbocycles. The zero-order valence-electron chi connectivity index (χ0n) is 9.72. The van der Waals surface area contributed by atoms with E-state index in [0.717, 1.165) is 0 Å². The normalized spacial score (nSPS) is 23.4. The fourth-order valence-electron chi connectivity index (χ4n) is 1.73. The highest BCUT2D eigenvalue weighted by molar-refractivity contribution is 7.91. The molecule has 0 saturated carbocycles. The number of sulfone groups is 1. The van der Waals surface area contributed by atoms with Crippen LogP contribution in [-0.4, -0.2) is 46.0 Å². The molecular formula is C9H18ClNO4S2. The highest BCUT2D eigenvalue weighted by Crippen LogP contribution is 2.14. The van der Waals surface area contributed by atoms with Gasteiger partial charge in [-0.2, -0.15) is 0 Å². The molecule has 8 heteroatoms. The number of hydrogen-bond acceptors (Lipinski definition) is 4. The lowest BCUT2D eigenvalue weighted by Gasteiger charge is -2.23. The van der Waals surface area contributed by atoms with E-state index in [1.54, 1.807) is 6.92 Å².